The van der Waals surface area contributed by atoms with Crippen LogP contribution in [0.4, 0.5) is 8.78 Å². The van der Waals surface area contributed by atoms with Crippen LogP contribution < -0.4 is 5.73 Å². The highest BCUT2D eigenvalue weighted by Crippen LogP contribution is 2.23. The molecule has 3 nitrogen and oxygen atoms in total. The lowest BCUT2D eigenvalue weighted by Crippen LogP contribution is -2.20. The van der Waals surface area contributed by atoms with E-state index in [1.54, 1.807) is 17.0 Å². The van der Waals surface area contributed by atoms with Gasteiger partial charge in [-0.1, -0.05) is 6.07 Å². The summed E-state index contributed by atoms with van der Waals surface area (Å²) in [5, 5.41) is 0. The van der Waals surface area contributed by atoms with Crippen molar-refractivity contribution in [3.8, 4) is 0 Å². The van der Waals surface area contributed by atoms with Gasteiger partial charge in [0.15, 0.2) is 0 Å². The second kappa shape index (κ2) is 4.63. The Bertz CT molecular complexity index is 502. The van der Waals surface area contributed by atoms with Gasteiger partial charge in [0.1, 0.15) is 17.5 Å². The van der Waals surface area contributed by atoms with Gasteiger partial charge in [0.05, 0.1) is 6.04 Å². The third-order valence-electron chi connectivity index (χ3n) is 2.68. The minimum absolute atomic E-state index is 0.145. The van der Waals surface area contributed by atoms with E-state index in [0.29, 0.717) is 12.4 Å². The number of nitrogens with zero attached hydrogens (tertiary/aromatic N) is 2. The first kappa shape index (κ1) is 11.7. The van der Waals surface area contributed by atoms with E-state index < -0.39 is 17.7 Å². The number of halogens is 2. The van der Waals surface area contributed by atoms with Crippen molar-refractivity contribution < 1.29 is 8.78 Å². The summed E-state index contributed by atoms with van der Waals surface area (Å²) in [5.41, 5.74) is 5.73. The number of imidazole rings is 1. The summed E-state index contributed by atoms with van der Waals surface area (Å²) in [6.07, 6.45) is 3.30. The number of aryl methyl sites for hydroxylation is 1. The minimum atomic E-state index is -0.897. The zero-order valence-corrected chi connectivity index (χ0v) is 9.40. The Morgan fingerprint density at radius 1 is 1.35 bits per heavy atom. The predicted octanol–water partition coefficient (Wildman–Crippen LogP) is 2.23. The Hall–Kier alpha value is -1.75. The lowest BCUT2D eigenvalue weighted by molar-refractivity contribution is 0.529. The van der Waals surface area contributed by atoms with Crippen LogP contribution in [0.1, 0.15) is 24.4 Å². The number of benzene rings is 1. The van der Waals surface area contributed by atoms with E-state index >= 15 is 0 Å². The van der Waals surface area contributed by atoms with Gasteiger partial charge in [-0.3, -0.25) is 0 Å². The fraction of sp³-hybridized carbons (Fsp3) is 0.250. The van der Waals surface area contributed by atoms with Crippen LogP contribution in [0.15, 0.2) is 30.6 Å². The highest BCUT2D eigenvalue weighted by Gasteiger charge is 2.21. The summed E-state index contributed by atoms with van der Waals surface area (Å²) >= 11 is 0. The molecule has 17 heavy (non-hydrogen) atoms. The topological polar surface area (TPSA) is 43.8 Å². The van der Waals surface area contributed by atoms with E-state index in [9.17, 15) is 8.78 Å². The summed E-state index contributed by atoms with van der Waals surface area (Å²) in [7, 11) is 0. The average molecular weight is 237 g/mol. The number of hydrogen-bond donors (Lipinski definition) is 1. The van der Waals surface area contributed by atoms with Gasteiger partial charge >= 0.3 is 0 Å². The summed E-state index contributed by atoms with van der Waals surface area (Å²) in [6, 6.07) is 2.80. The third kappa shape index (κ3) is 2.06. The van der Waals surface area contributed by atoms with E-state index in [0.717, 1.165) is 0 Å². The van der Waals surface area contributed by atoms with Gasteiger partial charge in [0.2, 0.25) is 0 Å². The zero-order valence-electron chi connectivity index (χ0n) is 9.40. The third-order valence-corrected chi connectivity index (χ3v) is 2.68. The Morgan fingerprint density at radius 2 is 2.00 bits per heavy atom. The van der Waals surface area contributed by atoms with Crippen molar-refractivity contribution in [2.45, 2.75) is 19.5 Å². The van der Waals surface area contributed by atoms with Crippen LogP contribution in [0, 0.1) is 11.6 Å². The summed E-state index contributed by atoms with van der Waals surface area (Å²) in [6.45, 7) is 2.56. The van der Waals surface area contributed by atoms with Gasteiger partial charge in [-0.15, -0.1) is 0 Å². The molecule has 1 heterocycles. The van der Waals surface area contributed by atoms with E-state index in [2.05, 4.69) is 4.98 Å². The number of rotatable bonds is 3. The second-order valence-corrected chi connectivity index (χ2v) is 3.68. The molecule has 0 bridgehead atoms. The summed E-state index contributed by atoms with van der Waals surface area (Å²) in [5.74, 6) is -0.845. The fourth-order valence-corrected chi connectivity index (χ4v) is 1.80. The van der Waals surface area contributed by atoms with E-state index in [1.807, 2.05) is 6.92 Å². The molecule has 1 unspecified atom stereocenters. The Balaban J connectivity index is 2.47. The first-order valence-electron chi connectivity index (χ1n) is 5.35. The second-order valence-electron chi connectivity index (χ2n) is 3.68. The maximum Gasteiger partial charge on any atom is 0.131 e. The van der Waals surface area contributed by atoms with Gasteiger partial charge in [-0.05, 0) is 19.1 Å². The smallest absolute Gasteiger partial charge is 0.131 e. The zero-order chi connectivity index (χ0) is 12.4. The summed E-state index contributed by atoms with van der Waals surface area (Å²) in [4.78, 5) is 4.05. The van der Waals surface area contributed by atoms with Crippen LogP contribution in [-0.2, 0) is 6.54 Å². The lowest BCUT2D eigenvalue weighted by Gasteiger charge is -2.14. The Labute approximate surface area is 97.9 Å². The lowest BCUT2D eigenvalue weighted by atomic mass is 10.1. The number of hydrogen-bond acceptors (Lipinski definition) is 2. The molecule has 2 aromatic rings. The highest BCUT2D eigenvalue weighted by molar-refractivity contribution is 5.28. The SMILES string of the molecule is CCn1ccnc1C(N)c1c(F)cccc1F. The van der Waals surface area contributed by atoms with Crippen LogP contribution in [-0.4, -0.2) is 9.55 Å². The van der Waals surface area contributed by atoms with E-state index in [1.165, 1.54) is 18.2 Å². The van der Waals surface area contributed by atoms with Crippen molar-refractivity contribution in [2.24, 2.45) is 5.73 Å². The first-order valence-corrected chi connectivity index (χ1v) is 5.35. The molecule has 5 heteroatoms. The van der Waals surface area contributed by atoms with Gasteiger partial charge < -0.3 is 10.3 Å². The van der Waals surface area contributed by atoms with Crippen molar-refractivity contribution in [1.82, 2.24) is 9.55 Å². The molecule has 2 N–H and O–H groups in total. The van der Waals surface area contributed by atoms with Crippen molar-refractivity contribution in [3.63, 3.8) is 0 Å². The standard InChI is InChI=1S/C12H13F2N3/c1-2-17-7-6-16-12(17)11(15)10-8(13)4-3-5-9(10)14/h3-7,11H,2,15H2,1H3. The molecule has 0 amide bonds. The van der Waals surface area contributed by atoms with E-state index in [-0.39, 0.29) is 5.56 Å². The van der Waals surface area contributed by atoms with Crippen molar-refractivity contribution in [2.75, 3.05) is 0 Å². The number of aromatic nitrogens is 2. The molecule has 0 aliphatic rings. The normalized spacial score (nSPS) is 12.7. The highest BCUT2D eigenvalue weighted by atomic mass is 19.1. The van der Waals surface area contributed by atoms with Gasteiger partial charge in [-0.25, -0.2) is 13.8 Å². The molecule has 1 aromatic carbocycles. The van der Waals surface area contributed by atoms with Gasteiger partial charge in [0.25, 0.3) is 0 Å². The van der Waals surface area contributed by atoms with Gasteiger partial charge in [0, 0.05) is 24.5 Å². The molecule has 0 spiro atoms. The molecular formula is C12H13F2N3. The maximum atomic E-state index is 13.6. The van der Waals surface area contributed by atoms with Crippen LogP contribution in [0.25, 0.3) is 0 Å². The molecule has 0 aliphatic carbocycles. The molecule has 1 aromatic heterocycles. The average Bonchev–Trinajstić information content (AvgIpc) is 2.76. The summed E-state index contributed by atoms with van der Waals surface area (Å²) < 4.78 is 28.9. The van der Waals surface area contributed by atoms with Crippen molar-refractivity contribution >= 4 is 0 Å². The molecule has 2 rings (SSSR count). The number of nitrogens with two attached hydrogens (primary N) is 1. The van der Waals surface area contributed by atoms with Crippen LogP contribution in [0.2, 0.25) is 0 Å². The monoisotopic (exact) mass is 237 g/mol. The fourth-order valence-electron chi connectivity index (χ4n) is 1.80. The molecule has 0 radical (unpaired) electrons. The molecule has 0 aliphatic heterocycles. The van der Waals surface area contributed by atoms with Crippen LogP contribution in [0.3, 0.4) is 0 Å². The van der Waals surface area contributed by atoms with Crippen LogP contribution in [0.5, 0.6) is 0 Å². The molecule has 0 fully saturated rings. The molecular weight excluding hydrogens is 224 g/mol. The van der Waals surface area contributed by atoms with Crippen molar-refractivity contribution in [1.29, 1.82) is 0 Å². The van der Waals surface area contributed by atoms with E-state index in [4.69, 9.17) is 5.73 Å². The predicted molar refractivity (Wildman–Crippen MR) is 60.3 cm³/mol. The molecule has 0 saturated carbocycles. The van der Waals surface area contributed by atoms with Crippen molar-refractivity contribution in [3.05, 3.63) is 53.6 Å². The largest absolute Gasteiger partial charge is 0.334 e. The quantitative estimate of drug-likeness (QED) is 0.889. The molecule has 1 atom stereocenters. The Morgan fingerprint density at radius 3 is 2.59 bits per heavy atom. The minimum Gasteiger partial charge on any atom is -0.334 e. The first-order chi connectivity index (χ1) is 8.15. The molecule has 0 saturated heterocycles. The molecule has 90 valence electrons. The van der Waals surface area contributed by atoms with Crippen LogP contribution >= 0.6 is 0 Å². The maximum absolute atomic E-state index is 13.6. The van der Waals surface area contributed by atoms with Gasteiger partial charge in [-0.2, -0.15) is 0 Å². The Kier molecular flexibility index (Phi) is 3.19.